The lowest BCUT2D eigenvalue weighted by atomic mass is 10.0. The van der Waals surface area contributed by atoms with Gasteiger partial charge in [0.2, 0.25) is 5.91 Å². The molecule has 0 aromatic carbocycles. The van der Waals surface area contributed by atoms with Crippen molar-refractivity contribution in [3.63, 3.8) is 0 Å². The standard InChI is InChI=1S/C18H35N2O6P/c1-13(2)17(20-16(21)11-10-14-7-3-4-8-14)27(24,25)26-15(18(22)23)9-5-6-12-19/h13-15,17H,3-12,19H2,1-2H3,(H,20,21)(H,22,23)(H,24,25)/t15-,17?/m1/s1. The Balaban J connectivity index is 2.66. The van der Waals surface area contributed by atoms with Crippen LogP contribution >= 0.6 is 7.60 Å². The summed E-state index contributed by atoms with van der Waals surface area (Å²) in [6.45, 7) is 3.80. The maximum absolute atomic E-state index is 12.7. The normalized spacial score (nSPS) is 19.6. The third-order valence-electron chi connectivity index (χ3n) is 5.02. The van der Waals surface area contributed by atoms with Gasteiger partial charge in [-0.15, -0.1) is 0 Å². The fourth-order valence-corrected chi connectivity index (χ4v) is 5.19. The number of nitrogens with one attached hydrogen (secondary N) is 1. The van der Waals surface area contributed by atoms with E-state index in [0.29, 0.717) is 31.7 Å². The largest absolute Gasteiger partial charge is 0.479 e. The molecular formula is C18H35N2O6P. The Hall–Kier alpha value is -0.950. The van der Waals surface area contributed by atoms with Gasteiger partial charge in [0.1, 0.15) is 5.78 Å². The van der Waals surface area contributed by atoms with Crippen LogP contribution in [0.4, 0.5) is 0 Å². The Labute approximate surface area is 161 Å². The summed E-state index contributed by atoms with van der Waals surface area (Å²) in [5, 5.41) is 11.9. The second-order valence-corrected chi connectivity index (χ2v) is 9.62. The lowest BCUT2D eigenvalue weighted by Gasteiger charge is -2.28. The summed E-state index contributed by atoms with van der Waals surface area (Å²) < 4.78 is 17.8. The van der Waals surface area contributed by atoms with Crippen LogP contribution in [-0.4, -0.2) is 40.3 Å². The van der Waals surface area contributed by atoms with E-state index in [9.17, 15) is 24.2 Å². The van der Waals surface area contributed by atoms with Crippen molar-refractivity contribution in [1.82, 2.24) is 5.32 Å². The number of carboxylic acids is 1. The average molecular weight is 406 g/mol. The van der Waals surface area contributed by atoms with Gasteiger partial charge < -0.3 is 21.1 Å². The quantitative estimate of drug-likeness (QED) is 0.272. The van der Waals surface area contributed by atoms with Gasteiger partial charge in [0.05, 0.1) is 0 Å². The van der Waals surface area contributed by atoms with E-state index in [1.165, 1.54) is 12.8 Å². The summed E-state index contributed by atoms with van der Waals surface area (Å²) in [5.74, 6) is -2.56. The van der Waals surface area contributed by atoms with Crippen molar-refractivity contribution in [2.24, 2.45) is 17.6 Å². The van der Waals surface area contributed by atoms with Crippen molar-refractivity contribution in [1.29, 1.82) is 0 Å². The van der Waals surface area contributed by atoms with E-state index in [-0.39, 0.29) is 18.2 Å². The molecule has 1 amide bonds. The van der Waals surface area contributed by atoms with Gasteiger partial charge in [-0.2, -0.15) is 0 Å². The molecule has 0 heterocycles. The number of carbonyl (C=O) groups excluding carboxylic acids is 1. The molecule has 5 N–H and O–H groups in total. The van der Waals surface area contributed by atoms with Crippen LogP contribution in [0.1, 0.15) is 71.6 Å². The zero-order valence-electron chi connectivity index (χ0n) is 16.4. The smallest absolute Gasteiger partial charge is 0.351 e. The first-order valence-electron chi connectivity index (χ1n) is 9.90. The molecule has 1 rings (SSSR count). The van der Waals surface area contributed by atoms with Crippen LogP contribution < -0.4 is 11.1 Å². The molecule has 8 nitrogen and oxygen atoms in total. The fourth-order valence-electron chi connectivity index (χ4n) is 3.44. The molecule has 2 unspecified atom stereocenters. The SMILES string of the molecule is CC(C)C(NC(=O)CCC1CCCC1)P(=O)(O)O[C@H](CCCCN)C(=O)O. The van der Waals surface area contributed by atoms with Crippen LogP contribution in [0.3, 0.4) is 0 Å². The second-order valence-electron chi connectivity index (χ2n) is 7.73. The van der Waals surface area contributed by atoms with E-state index >= 15 is 0 Å². The van der Waals surface area contributed by atoms with E-state index in [1.54, 1.807) is 13.8 Å². The van der Waals surface area contributed by atoms with Gasteiger partial charge in [-0.05, 0) is 44.1 Å². The van der Waals surface area contributed by atoms with Gasteiger partial charge in [0, 0.05) is 6.42 Å². The molecule has 0 aliphatic heterocycles. The number of hydrogen-bond acceptors (Lipinski definition) is 5. The molecule has 1 saturated carbocycles. The maximum Gasteiger partial charge on any atom is 0.351 e. The molecule has 0 radical (unpaired) electrons. The van der Waals surface area contributed by atoms with Crippen LogP contribution in [-0.2, 0) is 18.7 Å². The Morgan fingerprint density at radius 2 is 1.89 bits per heavy atom. The summed E-state index contributed by atoms with van der Waals surface area (Å²) >= 11 is 0. The molecule has 9 heteroatoms. The number of rotatable bonds is 13. The molecule has 1 fully saturated rings. The highest BCUT2D eigenvalue weighted by Gasteiger charge is 2.40. The van der Waals surface area contributed by atoms with Crippen LogP contribution in [0.25, 0.3) is 0 Å². The summed E-state index contributed by atoms with van der Waals surface area (Å²) in [7, 11) is -4.36. The first kappa shape index (κ1) is 24.1. The Bertz CT molecular complexity index is 522. The first-order chi connectivity index (χ1) is 12.7. The molecule has 27 heavy (non-hydrogen) atoms. The van der Waals surface area contributed by atoms with E-state index in [4.69, 9.17) is 10.3 Å². The minimum atomic E-state index is -4.36. The highest BCUT2D eigenvalue weighted by atomic mass is 31.2. The van der Waals surface area contributed by atoms with E-state index in [2.05, 4.69) is 5.32 Å². The number of nitrogens with two attached hydrogens (primary N) is 1. The number of amides is 1. The molecule has 1 aliphatic carbocycles. The fraction of sp³-hybridized carbons (Fsp3) is 0.889. The van der Waals surface area contributed by atoms with Crippen LogP contribution in [0.15, 0.2) is 0 Å². The van der Waals surface area contributed by atoms with Crippen molar-refractivity contribution in [3.05, 3.63) is 0 Å². The summed E-state index contributed by atoms with van der Waals surface area (Å²) in [6, 6.07) is 0. The van der Waals surface area contributed by atoms with E-state index in [0.717, 1.165) is 19.3 Å². The van der Waals surface area contributed by atoms with Crippen molar-refractivity contribution in [2.75, 3.05) is 6.54 Å². The minimum Gasteiger partial charge on any atom is -0.479 e. The molecule has 3 atom stereocenters. The van der Waals surface area contributed by atoms with Crippen molar-refractivity contribution >= 4 is 19.5 Å². The van der Waals surface area contributed by atoms with Crippen LogP contribution in [0.5, 0.6) is 0 Å². The van der Waals surface area contributed by atoms with Crippen molar-refractivity contribution in [2.45, 2.75) is 83.5 Å². The van der Waals surface area contributed by atoms with Gasteiger partial charge in [0.15, 0.2) is 6.10 Å². The monoisotopic (exact) mass is 406 g/mol. The molecule has 0 aromatic rings. The second kappa shape index (κ2) is 11.8. The third kappa shape index (κ3) is 8.73. The van der Waals surface area contributed by atoms with Crippen LogP contribution in [0.2, 0.25) is 0 Å². The number of aliphatic carboxylic acids is 1. The first-order valence-corrected chi connectivity index (χ1v) is 11.5. The predicted octanol–water partition coefficient (Wildman–Crippen LogP) is 2.84. The maximum atomic E-state index is 12.7. The highest BCUT2D eigenvalue weighted by molar-refractivity contribution is 7.53. The van der Waals surface area contributed by atoms with Crippen molar-refractivity contribution in [3.8, 4) is 0 Å². The number of carboxylic acid groups (broad SMARTS) is 1. The molecule has 0 bridgehead atoms. The van der Waals surface area contributed by atoms with Gasteiger partial charge in [0.25, 0.3) is 0 Å². The third-order valence-corrected chi connectivity index (χ3v) is 7.01. The van der Waals surface area contributed by atoms with Crippen LogP contribution in [0, 0.1) is 11.8 Å². The minimum absolute atomic E-state index is 0.0948. The summed E-state index contributed by atoms with van der Waals surface area (Å²) in [4.78, 5) is 34.0. The van der Waals surface area contributed by atoms with Gasteiger partial charge in [-0.25, -0.2) is 4.79 Å². The molecule has 0 spiro atoms. The Morgan fingerprint density at radius 1 is 1.26 bits per heavy atom. The van der Waals surface area contributed by atoms with Gasteiger partial charge in [-0.3, -0.25) is 13.9 Å². The molecular weight excluding hydrogens is 371 g/mol. The van der Waals surface area contributed by atoms with E-state index in [1.807, 2.05) is 0 Å². The Kier molecular flexibility index (Phi) is 10.5. The highest BCUT2D eigenvalue weighted by Crippen LogP contribution is 2.50. The number of carbonyl (C=O) groups is 2. The number of unbranched alkanes of at least 4 members (excludes halogenated alkanes) is 1. The predicted molar refractivity (Wildman–Crippen MR) is 103 cm³/mol. The average Bonchev–Trinajstić information content (AvgIpc) is 3.10. The zero-order chi connectivity index (χ0) is 20.4. The lowest BCUT2D eigenvalue weighted by Crippen LogP contribution is -2.40. The van der Waals surface area contributed by atoms with Gasteiger partial charge in [-0.1, -0.05) is 39.5 Å². The molecule has 0 saturated heterocycles. The zero-order valence-corrected chi connectivity index (χ0v) is 17.3. The molecule has 158 valence electrons. The lowest BCUT2D eigenvalue weighted by molar-refractivity contribution is -0.145. The summed E-state index contributed by atoms with van der Waals surface area (Å²) in [6.07, 6.45) is 5.50. The van der Waals surface area contributed by atoms with Crippen molar-refractivity contribution < 1.29 is 28.7 Å². The topological polar surface area (TPSA) is 139 Å². The molecule has 1 aliphatic rings. The molecule has 0 aromatic heterocycles. The Morgan fingerprint density at radius 3 is 2.41 bits per heavy atom. The number of hydrogen-bond donors (Lipinski definition) is 4. The van der Waals surface area contributed by atoms with Gasteiger partial charge >= 0.3 is 13.6 Å². The van der Waals surface area contributed by atoms with E-state index < -0.39 is 25.5 Å². The summed E-state index contributed by atoms with van der Waals surface area (Å²) in [5.41, 5.74) is 5.39.